The Balaban J connectivity index is 1.83. The van der Waals surface area contributed by atoms with Gasteiger partial charge < -0.3 is 19.6 Å². The standard InChI is InChI=1S/C16H14FNO5/c17-11-4-1-3-10-12(5-2-6-22-14(10)11)18-15(19)13-7-9(8-23-13)16(20)21/h1,3-4,7-8,12H,2,5-6H2,(H,18,19)(H,20,21). The molecule has 0 fully saturated rings. The Kier molecular flexibility index (Phi) is 4.01. The number of carboxylic acid groups (broad SMARTS) is 1. The van der Waals surface area contributed by atoms with Crippen LogP contribution in [0.25, 0.3) is 0 Å². The molecule has 23 heavy (non-hydrogen) atoms. The summed E-state index contributed by atoms with van der Waals surface area (Å²) in [5.41, 5.74) is 0.451. The van der Waals surface area contributed by atoms with Gasteiger partial charge in [-0.2, -0.15) is 0 Å². The lowest BCUT2D eigenvalue weighted by Gasteiger charge is -2.17. The zero-order chi connectivity index (χ0) is 16.4. The number of rotatable bonds is 3. The molecule has 1 aliphatic heterocycles. The van der Waals surface area contributed by atoms with Gasteiger partial charge in [0, 0.05) is 11.6 Å². The molecular weight excluding hydrogens is 305 g/mol. The Hall–Kier alpha value is -2.83. The Morgan fingerprint density at radius 3 is 2.91 bits per heavy atom. The van der Waals surface area contributed by atoms with Crippen molar-refractivity contribution in [1.29, 1.82) is 0 Å². The maximum Gasteiger partial charge on any atom is 0.338 e. The predicted molar refractivity (Wildman–Crippen MR) is 77.0 cm³/mol. The maximum atomic E-state index is 13.9. The molecule has 1 atom stereocenters. The van der Waals surface area contributed by atoms with Gasteiger partial charge in [0.1, 0.15) is 6.26 Å². The molecule has 1 unspecified atom stereocenters. The number of fused-ring (bicyclic) bond motifs is 1. The van der Waals surface area contributed by atoms with Crippen LogP contribution in [0.4, 0.5) is 4.39 Å². The van der Waals surface area contributed by atoms with E-state index in [0.717, 1.165) is 12.3 Å². The fourth-order valence-electron chi connectivity index (χ4n) is 2.52. The predicted octanol–water partition coefficient (Wildman–Crippen LogP) is 2.76. The van der Waals surface area contributed by atoms with Crippen LogP contribution in [0.5, 0.6) is 5.75 Å². The average molecular weight is 319 g/mol. The molecular formula is C16H14FNO5. The van der Waals surface area contributed by atoms with Crippen LogP contribution in [0, 0.1) is 5.82 Å². The summed E-state index contributed by atoms with van der Waals surface area (Å²) in [5, 5.41) is 11.6. The van der Waals surface area contributed by atoms with Crippen LogP contribution in [0.1, 0.15) is 45.4 Å². The summed E-state index contributed by atoms with van der Waals surface area (Å²) in [6, 6.07) is 5.26. The van der Waals surface area contributed by atoms with Gasteiger partial charge in [-0.05, 0) is 18.9 Å². The second-order valence-corrected chi connectivity index (χ2v) is 5.18. The van der Waals surface area contributed by atoms with E-state index in [2.05, 4.69) is 5.32 Å². The van der Waals surface area contributed by atoms with Gasteiger partial charge in [-0.25, -0.2) is 9.18 Å². The van der Waals surface area contributed by atoms with Gasteiger partial charge >= 0.3 is 5.97 Å². The number of ether oxygens (including phenoxy) is 1. The number of hydrogen-bond donors (Lipinski definition) is 2. The summed E-state index contributed by atoms with van der Waals surface area (Å²) in [5.74, 6) is -2.18. The third kappa shape index (κ3) is 3.03. The minimum absolute atomic E-state index is 0.106. The van der Waals surface area contributed by atoms with Crippen LogP contribution in [0.2, 0.25) is 0 Å². The lowest BCUT2D eigenvalue weighted by atomic mass is 10.0. The van der Waals surface area contributed by atoms with Crippen molar-refractivity contribution in [3.05, 3.63) is 53.2 Å². The van der Waals surface area contributed by atoms with Crippen molar-refractivity contribution < 1.29 is 28.2 Å². The summed E-state index contributed by atoms with van der Waals surface area (Å²) in [4.78, 5) is 23.0. The molecule has 3 rings (SSSR count). The van der Waals surface area contributed by atoms with Crippen molar-refractivity contribution in [1.82, 2.24) is 5.32 Å². The number of hydrogen-bond acceptors (Lipinski definition) is 4. The zero-order valence-corrected chi connectivity index (χ0v) is 12.0. The number of halogens is 1. The van der Waals surface area contributed by atoms with Gasteiger partial charge in [0.15, 0.2) is 17.3 Å². The van der Waals surface area contributed by atoms with Crippen molar-refractivity contribution >= 4 is 11.9 Å². The van der Waals surface area contributed by atoms with Gasteiger partial charge in [0.2, 0.25) is 0 Å². The third-order valence-electron chi connectivity index (χ3n) is 3.63. The molecule has 1 aromatic carbocycles. The first-order valence-corrected chi connectivity index (χ1v) is 7.10. The number of aromatic carboxylic acids is 1. The highest BCUT2D eigenvalue weighted by molar-refractivity contribution is 5.95. The van der Waals surface area contributed by atoms with E-state index in [0.29, 0.717) is 25.0 Å². The van der Waals surface area contributed by atoms with Gasteiger partial charge in [-0.3, -0.25) is 4.79 Å². The molecule has 0 saturated carbocycles. The lowest BCUT2D eigenvalue weighted by molar-refractivity contribution is 0.0695. The quantitative estimate of drug-likeness (QED) is 0.908. The number of amides is 1. The Morgan fingerprint density at radius 1 is 1.35 bits per heavy atom. The number of carbonyl (C=O) groups is 2. The fraction of sp³-hybridized carbons (Fsp3) is 0.250. The zero-order valence-electron chi connectivity index (χ0n) is 12.0. The first-order chi connectivity index (χ1) is 11.1. The molecule has 0 spiro atoms. The van der Waals surface area contributed by atoms with Crippen LogP contribution in [0.15, 0.2) is 34.9 Å². The molecule has 1 amide bonds. The molecule has 2 N–H and O–H groups in total. The summed E-state index contributed by atoms with van der Waals surface area (Å²) < 4.78 is 24.2. The Morgan fingerprint density at radius 2 is 2.17 bits per heavy atom. The third-order valence-corrected chi connectivity index (χ3v) is 3.63. The monoisotopic (exact) mass is 319 g/mol. The highest BCUT2D eigenvalue weighted by Gasteiger charge is 2.25. The van der Waals surface area contributed by atoms with Crippen LogP contribution < -0.4 is 10.1 Å². The molecule has 1 aromatic heterocycles. The van der Waals surface area contributed by atoms with E-state index in [-0.39, 0.29) is 17.1 Å². The van der Waals surface area contributed by atoms with Crippen molar-refractivity contribution in [2.45, 2.75) is 18.9 Å². The molecule has 6 nitrogen and oxygen atoms in total. The summed E-state index contributed by atoms with van der Waals surface area (Å²) >= 11 is 0. The molecule has 120 valence electrons. The molecule has 0 bridgehead atoms. The highest BCUT2D eigenvalue weighted by Crippen LogP contribution is 2.33. The lowest BCUT2D eigenvalue weighted by Crippen LogP contribution is -2.28. The van der Waals surface area contributed by atoms with Crippen molar-refractivity contribution in [3.8, 4) is 5.75 Å². The second kappa shape index (κ2) is 6.12. The first-order valence-electron chi connectivity index (χ1n) is 7.10. The van der Waals surface area contributed by atoms with Gasteiger partial charge in [0.25, 0.3) is 5.91 Å². The largest absolute Gasteiger partial charge is 0.490 e. The molecule has 2 heterocycles. The molecule has 0 saturated heterocycles. The number of nitrogens with one attached hydrogen (secondary N) is 1. The summed E-state index contributed by atoms with van der Waals surface area (Å²) in [7, 11) is 0. The molecule has 0 radical (unpaired) electrons. The molecule has 0 aliphatic carbocycles. The van der Waals surface area contributed by atoms with E-state index in [4.69, 9.17) is 14.3 Å². The van der Waals surface area contributed by atoms with Crippen molar-refractivity contribution in [3.63, 3.8) is 0 Å². The SMILES string of the molecule is O=C(O)c1coc(C(=O)NC2CCCOc3c(F)cccc32)c1. The smallest absolute Gasteiger partial charge is 0.338 e. The van der Waals surface area contributed by atoms with Gasteiger partial charge in [0.05, 0.1) is 18.2 Å². The Bertz CT molecular complexity index is 755. The normalized spacial score (nSPS) is 16.8. The first kappa shape index (κ1) is 15.1. The number of para-hydroxylation sites is 1. The minimum atomic E-state index is -1.18. The van der Waals surface area contributed by atoms with Crippen LogP contribution >= 0.6 is 0 Å². The van der Waals surface area contributed by atoms with Crippen LogP contribution in [0.3, 0.4) is 0 Å². The van der Waals surface area contributed by atoms with Gasteiger partial charge in [-0.1, -0.05) is 12.1 Å². The summed E-state index contributed by atoms with van der Waals surface area (Å²) in [6.07, 6.45) is 2.23. The minimum Gasteiger partial charge on any atom is -0.490 e. The Labute approximate surface area is 130 Å². The van der Waals surface area contributed by atoms with E-state index < -0.39 is 23.7 Å². The topological polar surface area (TPSA) is 88.8 Å². The van der Waals surface area contributed by atoms with Crippen LogP contribution in [-0.4, -0.2) is 23.6 Å². The van der Waals surface area contributed by atoms with E-state index in [1.54, 1.807) is 12.1 Å². The van der Waals surface area contributed by atoms with E-state index >= 15 is 0 Å². The molecule has 2 aromatic rings. The summed E-state index contributed by atoms with van der Waals surface area (Å²) in [6.45, 7) is 0.365. The number of carboxylic acids is 1. The fourth-order valence-corrected chi connectivity index (χ4v) is 2.52. The van der Waals surface area contributed by atoms with E-state index in [1.165, 1.54) is 6.07 Å². The van der Waals surface area contributed by atoms with Crippen LogP contribution in [-0.2, 0) is 0 Å². The maximum absolute atomic E-state index is 13.9. The highest BCUT2D eigenvalue weighted by atomic mass is 19.1. The van der Waals surface area contributed by atoms with E-state index in [9.17, 15) is 14.0 Å². The second-order valence-electron chi connectivity index (χ2n) is 5.18. The van der Waals surface area contributed by atoms with Crippen molar-refractivity contribution in [2.75, 3.05) is 6.61 Å². The average Bonchev–Trinajstić information content (AvgIpc) is 2.93. The molecule has 7 heteroatoms. The number of furan rings is 1. The number of benzene rings is 1. The molecule has 1 aliphatic rings. The van der Waals surface area contributed by atoms with Gasteiger partial charge in [-0.15, -0.1) is 0 Å². The van der Waals surface area contributed by atoms with E-state index in [1.807, 2.05) is 0 Å². The van der Waals surface area contributed by atoms with Crippen molar-refractivity contribution in [2.24, 2.45) is 0 Å². The number of carbonyl (C=O) groups excluding carboxylic acids is 1.